The Labute approximate surface area is 283 Å². The molecule has 10 nitrogen and oxygen atoms in total. The van der Waals surface area contributed by atoms with Gasteiger partial charge in [0, 0.05) is 75.3 Å². The summed E-state index contributed by atoms with van der Waals surface area (Å²) in [6, 6.07) is 9.03. The number of carbonyl (C=O) groups excluding carboxylic acids is 1. The van der Waals surface area contributed by atoms with Gasteiger partial charge in [0.1, 0.15) is 11.8 Å². The molecule has 49 heavy (non-hydrogen) atoms. The van der Waals surface area contributed by atoms with Crippen molar-refractivity contribution in [1.29, 1.82) is 0 Å². The van der Waals surface area contributed by atoms with Gasteiger partial charge in [0.25, 0.3) is 5.91 Å². The summed E-state index contributed by atoms with van der Waals surface area (Å²) in [5.74, 6) is 5.86. The van der Waals surface area contributed by atoms with Crippen molar-refractivity contribution in [3.8, 4) is 17.7 Å². The van der Waals surface area contributed by atoms with E-state index in [4.69, 9.17) is 9.47 Å². The van der Waals surface area contributed by atoms with Gasteiger partial charge >= 0.3 is 6.18 Å². The van der Waals surface area contributed by atoms with Crippen LogP contribution in [0.5, 0.6) is 5.88 Å². The lowest BCUT2D eigenvalue weighted by Gasteiger charge is -2.44. The highest BCUT2D eigenvalue weighted by Crippen LogP contribution is 2.37. The summed E-state index contributed by atoms with van der Waals surface area (Å²) in [6.07, 6.45) is 1.21. The Morgan fingerprint density at radius 2 is 1.73 bits per heavy atom. The Morgan fingerprint density at radius 1 is 1.00 bits per heavy atom. The zero-order valence-corrected chi connectivity index (χ0v) is 28.3. The minimum atomic E-state index is -4.57. The summed E-state index contributed by atoms with van der Waals surface area (Å²) < 4.78 is 56.2. The zero-order valence-electron chi connectivity index (χ0n) is 28.3. The molecule has 1 N–H and O–H groups in total. The second kappa shape index (κ2) is 13.4. The molecule has 2 aliphatic heterocycles. The van der Waals surface area contributed by atoms with Gasteiger partial charge in [-0.25, -0.2) is 9.50 Å². The normalized spacial score (nSPS) is 18.5. The standard InChI is InChI=1S/C36H40F3N7O3/c1-34(2)18-29(19-35(3,4)49-34)48-32-11-10-31-41-22-28(46(31)43-32)9-6-24-16-26(21-40-20-24)33(47)42-27-8-7-25(30(17-27)36(37,38)39)23-45-14-12-44(5)13-15-45/h7-8,10-11,16-17,20-22,29H,12-15,18-19,23H2,1-5H3,(H,42,47). The summed E-state index contributed by atoms with van der Waals surface area (Å²) in [6.45, 7) is 11.4. The minimum absolute atomic E-state index is 0.0404. The van der Waals surface area contributed by atoms with Crippen LogP contribution in [0.1, 0.15) is 73.3 Å². The van der Waals surface area contributed by atoms with E-state index in [-0.39, 0.29) is 40.7 Å². The number of likely N-dealkylation sites (N-methyl/N-ethyl adjacent to an activating group) is 1. The summed E-state index contributed by atoms with van der Waals surface area (Å²) in [5, 5.41) is 7.20. The SMILES string of the molecule is CN1CCN(Cc2ccc(NC(=O)c3cncc(C#Cc4cnc5ccc(OC6CC(C)(C)OC(C)(C)C6)nn45)c3)cc2C(F)(F)F)CC1. The van der Waals surface area contributed by atoms with Crippen LogP contribution < -0.4 is 10.1 Å². The van der Waals surface area contributed by atoms with Gasteiger partial charge in [-0.3, -0.25) is 14.7 Å². The number of carbonyl (C=O) groups is 1. The van der Waals surface area contributed by atoms with Gasteiger partial charge in [-0.05, 0) is 70.5 Å². The average Bonchev–Trinajstić information content (AvgIpc) is 3.42. The molecule has 3 aromatic heterocycles. The molecule has 0 aliphatic carbocycles. The van der Waals surface area contributed by atoms with Gasteiger partial charge in [0.05, 0.1) is 28.5 Å². The molecule has 0 saturated carbocycles. The first kappa shape index (κ1) is 34.4. The van der Waals surface area contributed by atoms with Crippen molar-refractivity contribution in [2.45, 2.75) is 70.6 Å². The number of pyridine rings is 1. The fraction of sp³-hybridized carbons (Fsp3) is 0.444. The number of rotatable bonds is 6. The van der Waals surface area contributed by atoms with Crippen LogP contribution in [-0.4, -0.2) is 85.8 Å². The highest BCUT2D eigenvalue weighted by Gasteiger charge is 2.40. The molecule has 1 aromatic carbocycles. The largest absolute Gasteiger partial charge is 0.473 e. The first-order valence-electron chi connectivity index (χ1n) is 16.2. The lowest BCUT2D eigenvalue weighted by Crippen LogP contribution is -2.49. The predicted molar refractivity (Wildman–Crippen MR) is 178 cm³/mol. The Bertz CT molecular complexity index is 1890. The van der Waals surface area contributed by atoms with E-state index in [1.165, 1.54) is 30.6 Å². The smallest absolute Gasteiger partial charge is 0.416 e. The molecule has 2 aliphatic rings. The van der Waals surface area contributed by atoms with E-state index in [1.807, 2.05) is 11.9 Å². The summed E-state index contributed by atoms with van der Waals surface area (Å²) >= 11 is 0. The molecule has 0 atom stereocenters. The van der Waals surface area contributed by atoms with Crippen LogP contribution >= 0.6 is 0 Å². The van der Waals surface area contributed by atoms with Crippen molar-refractivity contribution in [1.82, 2.24) is 29.4 Å². The number of halogens is 3. The second-order valence-corrected chi connectivity index (χ2v) is 14.0. The van der Waals surface area contributed by atoms with Gasteiger partial charge in [0.2, 0.25) is 5.88 Å². The molecule has 0 bridgehead atoms. The van der Waals surface area contributed by atoms with Crippen LogP contribution in [0.4, 0.5) is 18.9 Å². The predicted octanol–water partition coefficient (Wildman–Crippen LogP) is 5.66. The molecule has 1 amide bonds. The van der Waals surface area contributed by atoms with Gasteiger partial charge < -0.3 is 19.7 Å². The molecule has 0 spiro atoms. The highest BCUT2D eigenvalue weighted by molar-refractivity contribution is 6.04. The molecule has 2 saturated heterocycles. The number of nitrogens with one attached hydrogen (secondary N) is 1. The Kier molecular flexibility index (Phi) is 9.41. The monoisotopic (exact) mass is 675 g/mol. The number of alkyl halides is 3. The van der Waals surface area contributed by atoms with Crippen LogP contribution in [0.25, 0.3) is 5.65 Å². The number of hydrogen-bond acceptors (Lipinski definition) is 8. The molecule has 0 radical (unpaired) electrons. The van der Waals surface area contributed by atoms with E-state index >= 15 is 0 Å². The van der Waals surface area contributed by atoms with E-state index in [0.29, 0.717) is 35.9 Å². The van der Waals surface area contributed by atoms with E-state index in [0.717, 1.165) is 32.0 Å². The van der Waals surface area contributed by atoms with Gasteiger partial charge in [-0.1, -0.05) is 12.0 Å². The van der Waals surface area contributed by atoms with E-state index < -0.39 is 17.6 Å². The zero-order chi connectivity index (χ0) is 35.0. The fourth-order valence-electron chi connectivity index (χ4n) is 6.53. The number of fused-ring (bicyclic) bond motifs is 1. The third-order valence-electron chi connectivity index (χ3n) is 8.61. The van der Waals surface area contributed by atoms with E-state index in [1.54, 1.807) is 22.8 Å². The van der Waals surface area contributed by atoms with E-state index in [9.17, 15) is 18.0 Å². The summed E-state index contributed by atoms with van der Waals surface area (Å²) in [5.41, 5.74) is 0.451. The third kappa shape index (κ3) is 8.57. The van der Waals surface area contributed by atoms with Crippen molar-refractivity contribution >= 4 is 17.2 Å². The minimum Gasteiger partial charge on any atom is -0.473 e. The molecule has 4 aromatic rings. The van der Waals surface area contributed by atoms with Crippen LogP contribution in [0.3, 0.4) is 0 Å². The van der Waals surface area contributed by atoms with Crippen LogP contribution in [-0.2, 0) is 17.5 Å². The van der Waals surface area contributed by atoms with Crippen molar-refractivity contribution < 1.29 is 27.4 Å². The van der Waals surface area contributed by atoms with Crippen LogP contribution in [0.15, 0.2) is 55.0 Å². The number of benzene rings is 1. The van der Waals surface area contributed by atoms with Crippen molar-refractivity contribution in [2.75, 3.05) is 38.5 Å². The number of nitrogens with zero attached hydrogens (tertiary/aromatic N) is 6. The number of piperazine rings is 1. The fourth-order valence-corrected chi connectivity index (χ4v) is 6.53. The van der Waals surface area contributed by atoms with Crippen LogP contribution in [0, 0.1) is 11.8 Å². The van der Waals surface area contributed by atoms with Crippen molar-refractivity contribution in [2.24, 2.45) is 0 Å². The molecule has 258 valence electrons. The van der Waals surface area contributed by atoms with Gasteiger partial charge in [0.15, 0.2) is 5.65 Å². The summed E-state index contributed by atoms with van der Waals surface area (Å²) in [4.78, 5) is 25.8. The van der Waals surface area contributed by atoms with Gasteiger partial charge in [-0.2, -0.15) is 13.2 Å². The molecule has 0 unspecified atom stereocenters. The number of hydrogen-bond donors (Lipinski definition) is 1. The molecule has 13 heteroatoms. The van der Waals surface area contributed by atoms with E-state index in [2.05, 4.69) is 64.8 Å². The Balaban J connectivity index is 1.16. The van der Waals surface area contributed by atoms with Crippen molar-refractivity contribution in [3.05, 3.63) is 82.9 Å². The lowest BCUT2D eigenvalue weighted by atomic mass is 9.87. The molecule has 6 rings (SSSR count). The maximum absolute atomic E-state index is 14.1. The molecular weight excluding hydrogens is 635 g/mol. The topological polar surface area (TPSA) is 97.1 Å². The highest BCUT2D eigenvalue weighted by atomic mass is 19.4. The second-order valence-electron chi connectivity index (χ2n) is 14.0. The van der Waals surface area contributed by atoms with Crippen molar-refractivity contribution in [3.63, 3.8) is 0 Å². The lowest BCUT2D eigenvalue weighted by molar-refractivity contribution is -0.182. The number of ether oxygens (including phenoxy) is 2. The number of aromatic nitrogens is 4. The maximum Gasteiger partial charge on any atom is 0.416 e. The maximum atomic E-state index is 14.1. The summed E-state index contributed by atoms with van der Waals surface area (Å²) in [7, 11) is 1.99. The van der Waals surface area contributed by atoms with Crippen LogP contribution in [0.2, 0.25) is 0 Å². The van der Waals surface area contributed by atoms with Gasteiger partial charge in [-0.15, -0.1) is 5.10 Å². The first-order valence-corrected chi connectivity index (χ1v) is 16.2. The first-order chi connectivity index (χ1) is 23.1. The Morgan fingerprint density at radius 3 is 2.45 bits per heavy atom. The third-order valence-corrected chi connectivity index (χ3v) is 8.61. The Hall–Kier alpha value is -4.51. The molecule has 2 fully saturated rings. The molecule has 5 heterocycles. The quantitative estimate of drug-likeness (QED) is 0.262. The average molecular weight is 676 g/mol. The number of imidazole rings is 1. The number of amides is 1. The number of anilines is 1. The molecular formula is C36H40F3N7O3.